The molecular formula is C18H22FN3O3. The summed E-state index contributed by atoms with van der Waals surface area (Å²) in [6.45, 7) is 7.60. The SMILES string of the molecule is Cc1onc(-c2ccc(F)cc2)c1C(=O)N[C@H](C)CN1CCOCC1. The van der Waals surface area contributed by atoms with Gasteiger partial charge in [-0.1, -0.05) is 5.16 Å². The van der Waals surface area contributed by atoms with Crippen LogP contribution in [0.5, 0.6) is 0 Å². The number of benzene rings is 1. The number of nitrogens with one attached hydrogen (secondary N) is 1. The highest BCUT2D eigenvalue weighted by atomic mass is 19.1. The van der Waals surface area contributed by atoms with E-state index in [0.29, 0.717) is 22.6 Å². The first-order valence-electron chi connectivity index (χ1n) is 8.38. The summed E-state index contributed by atoms with van der Waals surface area (Å²) < 4.78 is 23.7. The summed E-state index contributed by atoms with van der Waals surface area (Å²) in [5.74, 6) is -0.136. The Kier molecular flexibility index (Phi) is 5.45. The number of nitrogens with zero attached hydrogens (tertiary/aromatic N) is 2. The van der Waals surface area contributed by atoms with E-state index in [0.717, 1.165) is 32.8 Å². The summed E-state index contributed by atoms with van der Waals surface area (Å²) in [6.07, 6.45) is 0. The van der Waals surface area contributed by atoms with Crippen LogP contribution in [-0.4, -0.2) is 54.9 Å². The van der Waals surface area contributed by atoms with Crippen molar-refractivity contribution in [2.75, 3.05) is 32.8 Å². The van der Waals surface area contributed by atoms with Gasteiger partial charge in [-0.05, 0) is 38.1 Å². The Morgan fingerprint density at radius 3 is 2.68 bits per heavy atom. The Labute approximate surface area is 145 Å². The summed E-state index contributed by atoms with van der Waals surface area (Å²) in [7, 11) is 0. The van der Waals surface area contributed by atoms with Gasteiger partial charge in [0.25, 0.3) is 5.91 Å². The molecule has 0 bridgehead atoms. The summed E-state index contributed by atoms with van der Waals surface area (Å²) in [4.78, 5) is 15.0. The Hall–Kier alpha value is -2.25. The molecule has 6 nitrogen and oxygen atoms in total. The van der Waals surface area contributed by atoms with Crippen molar-refractivity contribution in [3.05, 3.63) is 41.4 Å². The summed E-state index contributed by atoms with van der Waals surface area (Å²) >= 11 is 0. The van der Waals surface area contributed by atoms with Gasteiger partial charge in [0.05, 0.1) is 13.2 Å². The van der Waals surface area contributed by atoms with Crippen molar-refractivity contribution in [1.29, 1.82) is 0 Å². The molecule has 3 rings (SSSR count). The molecule has 7 heteroatoms. The second kappa shape index (κ2) is 7.76. The van der Waals surface area contributed by atoms with Crippen LogP contribution in [0.1, 0.15) is 23.0 Å². The molecule has 1 saturated heterocycles. The molecule has 1 aromatic carbocycles. The molecule has 1 amide bonds. The predicted octanol–water partition coefficient (Wildman–Crippen LogP) is 2.24. The molecule has 1 aliphatic rings. The van der Waals surface area contributed by atoms with Crippen LogP contribution >= 0.6 is 0 Å². The minimum Gasteiger partial charge on any atom is -0.379 e. The fourth-order valence-electron chi connectivity index (χ4n) is 2.96. The van der Waals surface area contributed by atoms with Gasteiger partial charge in [0.1, 0.15) is 22.8 Å². The first-order chi connectivity index (χ1) is 12.0. The van der Waals surface area contributed by atoms with Crippen molar-refractivity contribution in [1.82, 2.24) is 15.4 Å². The minimum atomic E-state index is -0.339. The van der Waals surface area contributed by atoms with Gasteiger partial charge in [0.2, 0.25) is 0 Å². The lowest BCUT2D eigenvalue weighted by atomic mass is 10.1. The predicted molar refractivity (Wildman–Crippen MR) is 90.8 cm³/mol. The lowest BCUT2D eigenvalue weighted by molar-refractivity contribution is 0.0342. The third-order valence-corrected chi connectivity index (χ3v) is 4.22. The molecule has 0 aliphatic carbocycles. The number of halogens is 1. The monoisotopic (exact) mass is 347 g/mol. The highest BCUT2D eigenvalue weighted by molar-refractivity contribution is 6.00. The van der Waals surface area contributed by atoms with Gasteiger partial charge in [-0.3, -0.25) is 9.69 Å². The Morgan fingerprint density at radius 2 is 2.00 bits per heavy atom. The van der Waals surface area contributed by atoms with Crippen LogP contribution in [0.25, 0.3) is 11.3 Å². The van der Waals surface area contributed by atoms with Crippen LogP contribution in [0.3, 0.4) is 0 Å². The van der Waals surface area contributed by atoms with Gasteiger partial charge in [0.15, 0.2) is 0 Å². The zero-order valence-corrected chi connectivity index (χ0v) is 14.4. The highest BCUT2D eigenvalue weighted by Gasteiger charge is 2.23. The number of amides is 1. The van der Waals surface area contributed by atoms with Gasteiger partial charge in [-0.2, -0.15) is 0 Å². The van der Waals surface area contributed by atoms with E-state index in [1.807, 2.05) is 6.92 Å². The minimum absolute atomic E-state index is 0.0269. The van der Waals surface area contributed by atoms with Gasteiger partial charge >= 0.3 is 0 Å². The normalized spacial score (nSPS) is 16.6. The topological polar surface area (TPSA) is 67.6 Å². The molecule has 0 saturated carbocycles. The number of aryl methyl sites for hydroxylation is 1. The third kappa shape index (κ3) is 4.24. The molecule has 1 fully saturated rings. The van der Waals surface area contributed by atoms with Gasteiger partial charge < -0.3 is 14.6 Å². The summed E-state index contributed by atoms with van der Waals surface area (Å²) in [5.41, 5.74) is 1.46. The maximum atomic E-state index is 13.1. The van der Waals surface area contributed by atoms with Gasteiger partial charge in [-0.25, -0.2) is 4.39 Å². The van der Waals surface area contributed by atoms with Crippen LogP contribution in [0.4, 0.5) is 4.39 Å². The van der Waals surface area contributed by atoms with Crippen molar-refractivity contribution in [2.24, 2.45) is 0 Å². The third-order valence-electron chi connectivity index (χ3n) is 4.22. The maximum absolute atomic E-state index is 13.1. The molecule has 25 heavy (non-hydrogen) atoms. The number of carbonyl (C=O) groups is 1. The van der Waals surface area contributed by atoms with Crippen LogP contribution in [0.2, 0.25) is 0 Å². The van der Waals surface area contributed by atoms with Crippen molar-refractivity contribution in [3.63, 3.8) is 0 Å². The molecule has 1 aromatic heterocycles. The number of rotatable bonds is 5. The summed E-state index contributed by atoms with van der Waals surface area (Å²) in [5, 5.41) is 6.97. The summed E-state index contributed by atoms with van der Waals surface area (Å²) in [6, 6.07) is 5.81. The van der Waals surface area contributed by atoms with E-state index in [-0.39, 0.29) is 17.8 Å². The number of aromatic nitrogens is 1. The Balaban J connectivity index is 1.71. The standard InChI is InChI=1S/C18H22FN3O3/c1-12(11-22-7-9-24-10-8-22)20-18(23)16-13(2)25-21-17(16)14-3-5-15(19)6-4-14/h3-6,12H,7-11H2,1-2H3,(H,20,23)/t12-/m1/s1. The lowest BCUT2D eigenvalue weighted by Crippen LogP contribution is -2.46. The van der Waals surface area contributed by atoms with Gasteiger partial charge in [0, 0.05) is 31.2 Å². The second-order valence-electron chi connectivity index (χ2n) is 6.26. The lowest BCUT2D eigenvalue weighted by Gasteiger charge is -2.29. The van der Waals surface area contributed by atoms with Crippen molar-refractivity contribution in [3.8, 4) is 11.3 Å². The first-order valence-corrected chi connectivity index (χ1v) is 8.38. The zero-order chi connectivity index (χ0) is 17.8. The van der Waals surface area contributed by atoms with Gasteiger partial charge in [-0.15, -0.1) is 0 Å². The molecule has 0 spiro atoms. The van der Waals surface area contributed by atoms with Crippen LogP contribution < -0.4 is 5.32 Å². The van der Waals surface area contributed by atoms with Crippen LogP contribution in [0.15, 0.2) is 28.8 Å². The number of carbonyl (C=O) groups excluding carboxylic acids is 1. The number of hydrogen-bond donors (Lipinski definition) is 1. The largest absolute Gasteiger partial charge is 0.379 e. The molecule has 134 valence electrons. The number of ether oxygens (including phenoxy) is 1. The second-order valence-corrected chi connectivity index (χ2v) is 6.26. The molecule has 2 aromatic rings. The van der Waals surface area contributed by atoms with Crippen LogP contribution in [0, 0.1) is 12.7 Å². The van der Waals surface area contributed by atoms with Crippen molar-refractivity contribution < 1.29 is 18.4 Å². The molecule has 1 atom stereocenters. The molecule has 0 unspecified atom stereocenters. The Morgan fingerprint density at radius 1 is 1.32 bits per heavy atom. The zero-order valence-electron chi connectivity index (χ0n) is 14.4. The molecular weight excluding hydrogens is 325 g/mol. The Bertz CT molecular complexity index is 724. The molecule has 2 heterocycles. The van der Waals surface area contributed by atoms with Crippen LogP contribution in [-0.2, 0) is 4.74 Å². The average Bonchev–Trinajstić information content (AvgIpc) is 2.98. The van der Waals surface area contributed by atoms with E-state index >= 15 is 0 Å². The molecule has 1 N–H and O–H groups in total. The van der Waals surface area contributed by atoms with E-state index in [9.17, 15) is 9.18 Å². The smallest absolute Gasteiger partial charge is 0.257 e. The van der Waals surface area contributed by atoms with E-state index in [4.69, 9.17) is 9.26 Å². The number of hydrogen-bond acceptors (Lipinski definition) is 5. The quantitative estimate of drug-likeness (QED) is 0.898. The van der Waals surface area contributed by atoms with E-state index in [1.54, 1.807) is 19.1 Å². The molecule has 1 aliphatic heterocycles. The van der Waals surface area contributed by atoms with E-state index < -0.39 is 0 Å². The highest BCUT2D eigenvalue weighted by Crippen LogP contribution is 2.25. The average molecular weight is 347 g/mol. The fraction of sp³-hybridized carbons (Fsp3) is 0.444. The van der Waals surface area contributed by atoms with Crippen molar-refractivity contribution >= 4 is 5.91 Å². The molecule has 0 radical (unpaired) electrons. The van der Waals surface area contributed by atoms with E-state index in [1.165, 1.54) is 12.1 Å². The fourth-order valence-corrected chi connectivity index (χ4v) is 2.96. The first kappa shape index (κ1) is 17.6. The maximum Gasteiger partial charge on any atom is 0.257 e. The number of morpholine rings is 1. The van der Waals surface area contributed by atoms with E-state index in [2.05, 4.69) is 15.4 Å². The van der Waals surface area contributed by atoms with Crippen molar-refractivity contribution in [2.45, 2.75) is 19.9 Å².